The highest BCUT2D eigenvalue weighted by Crippen LogP contribution is 2.14. The van der Waals surface area contributed by atoms with Crippen LogP contribution in [0.25, 0.3) is 0 Å². The number of carbonyl (C=O) groups excluding carboxylic acids is 2. The SMILES string of the molecule is COC(=O)[C@H](CCSC)N(C)C(=O)OC(C)(C)C. The van der Waals surface area contributed by atoms with Gasteiger partial charge in [0, 0.05) is 7.05 Å². The van der Waals surface area contributed by atoms with Gasteiger partial charge in [-0.25, -0.2) is 9.59 Å². The summed E-state index contributed by atoms with van der Waals surface area (Å²) in [5.41, 5.74) is -0.578. The van der Waals surface area contributed by atoms with Crippen molar-refractivity contribution in [1.82, 2.24) is 4.90 Å². The van der Waals surface area contributed by atoms with Gasteiger partial charge in [0.2, 0.25) is 0 Å². The van der Waals surface area contributed by atoms with E-state index in [1.54, 1.807) is 39.6 Å². The number of amides is 1. The number of ether oxygens (including phenoxy) is 2. The lowest BCUT2D eigenvalue weighted by atomic mass is 10.2. The van der Waals surface area contributed by atoms with Crippen LogP contribution in [0.1, 0.15) is 27.2 Å². The second kappa shape index (κ2) is 7.51. The maximum atomic E-state index is 11.9. The lowest BCUT2D eigenvalue weighted by molar-refractivity contribution is -0.146. The van der Waals surface area contributed by atoms with Crippen LogP contribution in [0.5, 0.6) is 0 Å². The molecule has 0 spiro atoms. The summed E-state index contributed by atoms with van der Waals surface area (Å²) in [7, 11) is 2.87. The fraction of sp³-hybridized carbons (Fsp3) is 0.833. The summed E-state index contributed by atoms with van der Waals surface area (Å²) in [6, 6.07) is -0.600. The Morgan fingerprint density at radius 1 is 1.33 bits per heavy atom. The number of hydrogen-bond donors (Lipinski definition) is 0. The summed E-state index contributed by atoms with van der Waals surface area (Å²) < 4.78 is 9.94. The van der Waals surface area contributed by atoms with Crippen molar-refractivity contribution in [2.45, 2.75) is 38.8 Å². The number of hydrogen-bond acceptors (Lipinski definition) is 5. The molecule has 0 aromatic heterocycles. The van der Waals surface area contributed by atoms with Crippen LogP contribution in [-0.2, 0) is 14.3 Å². The molecule has 0 aromatic carbocycles. The molecule has 1 atom stereocenters. The number of likely N-dealkylation sites (N-methyl/N-ethyl adjacent to an activating group) is 1. The van der Waals surface area contributed by atoms with Gasteiger partial charge in [0.25, 0.3) is 0 Å². The average molecular weight is 277 g/mol. The summed E-state index contributed by atoms with van der Waals surface area (Å²) in [5.74, 6) is 0.352. The molecule has 0 bridgehead atoms. The summed E-state index contributed by atoms with van der Waals surface area (Å²) in [5, 5.41) is 0. The Morgan fingerprint density at radius 3 is 2.28 bits per heavy atom. The highest BCUT2D eigenvalue weighted by Gasteiger charge is 2.30. The zero-order chi connectivity index (χ0) is 14.3. The molecule has 0 radical (unpaired) electrons. The van der Waals surface area contributed by atoms with E-state index in [4.69, 9.17) is 9.47 Å². The van der Waals surface area contributed by atoms with E-state index in [0.29, 0.717) is 6.42 Å². The maximum Gasteiger partial charge on any atom is 0.410 e. The van der Waals surface area contributed by atoms with E-state index in [9.17, 15) is 9.59 Å². The molecule has 0 unspecified atom stereocenters. The Bertz CT molecular complexity index is 288. The minimum absolute atomic E-state index is 0.419. The second-order valence-electron chi connectivity index (χ2n) is 4.91. The molecule has 18 heavy (non-hydrogen) atoms. The van der Waals surface area contributed by atoms with Crippen LogP contribution in [0.3, 0.4) is 0 Å². The molecule has 106 valence electrons. The van der Waals surface area contributed by atoms with Gasteiger partial charge in [-0.2, -0.15) is 11.8 Å². The van der Waals surface area contributed by atoms with Crippen LogP contribution in [0.4, 0.5) is 4.79 Å². The summed E-state index contributed by atoms with van der Waals surface area (Å²) in [6.07, 6.45) is 1.98. The monoisotopic (exact) mass is 277 g/mol. The minimum Gasteiger partial charge on any atom is -0.467 e. The average Bonchev–Trinajstić information content (AvgIpc) is 2.26. The standard InChI is InChI=1S/C12H23NO4S/c1-12(2,3)17-11(15)13(4)9(7-8-18-6)10(14)16-5/h9H,7-8H2,1-6H3/t9-/m0/s1. The van der Waals surface area contributed by atoms with E-state index in [1.165, 1.54) is 12.0 Å². The Morgan fingerprint density at radius 2 is 1.89 bits per heavy atom. The third kappa shape index (κ3) is 6.14. The van der Waals surface area contributed by atoms with Crippen molar-refractivity contribution in [1.29, 1.82) is 0 Å². The Labute approximate surface area is 113 Å². The van der Waals surface area contributed by atoms with Gasteiger partial charge in [-0.15, -0.1) is 0 Å². The Balaban J connectivity index is 4.68. The maximum absolute atomic E-state index is 11.9. The number of nitrogens with zero attached hydrogens (tertiary/aromatic N) is 1. The van der Waals surface area contributed by atoms with E-state index in [2.05, 4.69) is 0 Å². The summed E-state index contributed by atoms with van der Waals surface area (Å²) >= 11 is 1.61. The first-order valence-corrected chi connectivity index (χ1v) is 7.15. The number of methoxy groups -OCH3 is 1. The molecule has 0 N–H and O–H groups in total. The fourth-order valence-corrected chi connectivity index (χ4v) is 1.76. The van der Waals surface area contributed by atoms with E-state index in [-0.39, 0.29) is 0 Å². The molecular formula is C12H23NO4S. The van der Waals surface area contributed by atoms with Crippen molar-refractivity contribution in [2.24, 2.45) is 0 Å². The van der Waals surface area contributed by atoms with Crippen molar-refractivity contribution < 1.29 is 19.1 Å². The molecule has 0 heterocycles. The quantitative estimate of drug-likeness (QED) is 0.721. The number of rotatable bonds is 5. The topological polar surface area (TPSA) is 55.8 Å². The first-order valence-electron chi connectivity index (χ1n) is 5.75. The Hall–Kier alpha value is -0.910. The van der Waals surface area contributed by atoms with Crippen molar-refractivity contribution in [3.8, 4) is 0 Å². The molecule has 0 fully saturated rings. The molecule has 0 rings (SSSR count). The largest absolute Gasteiger partial charge is 0.467 e. The highest BCUT2D eigenvalue weighted by atomic mass is 32.2. The number of carbonyl (C=O) groups is 2. The van der Waals surface area contributed by atoms with Crippen molar-refractivity contribution in [2.75, 3.05) is 26.2 Å². The van der Waals surface area contributed by atoms with E-state index in [0.717, 1.165) is 5.75 Å². The predicted octanol–water partition coefficient (Wildman–Crippen LogP) is 2.15. The zero-order valence-electron chi connectivity index (χ0n) is 12.0. The molecule has 0 saturated carbocycles. The smallest absolute Gasteiger partial charge is 0.410 e. The lowest BCUT2D eigenvalue weighted by Gasteiger charge is -2.29. The first kappa shape index (κ1) is 17.1. The van der Waals surface area contributed by atoms with Crippen LogP contribution in [0.2, 0.25) is 0 Å². The van der Waals surface area contributed by atoms with Crippen LogP contribution < -0.4 is 0 Å². The van der Waals surface area contributed by atoms with Gasteiger partial charge >= 0.3 is 12.1 Å². The number of esters is 1. The molecule has 0 aliphatic carbocycles. The van der Waals surface area contributed by atoms with Crippen molar-refractivity contribution >= 4 is 23.8 Å². The number of thioether (sulfide) groups is 1. The van der Waals surface area contributed by atoms with Crippen LogP contribution >= 0.6 is 11.8 Å². The molecule has 0 aromatic rings. The third-order valence-electron chi connectivity index (χ3n) is 2.22. The van der Waals surface area contributed by atoms with Gasteiger partial charge in [-0.3, -0.25) is 4.90 Å². The molecule has 6 heteroatoms. The molecule has 5 nitrogen and oxygen atoms in total. The van der Waals surface area contributed by atoms with Gasteiger partial charge < -0.3 is 9.47 Å². The molecular weight excluding hydrogens is 254 g/mol. The lowest BCUT2D eigenvalue weighted by Crippen LogP contribution is -2.45. The molecule has 0 aliphatic rings. The van der Waals surface area contributed by atoms with Gasteiger partial charge in [0.15, 0.2) is 0 Å². The fourth-order valence-electron chi connectivity index (χ4n) is 1.30. The molecule has 0 saturated heterocycles. The van der Waals surface area contributed by atoms with Crippen LogP contribution in [0, 0.1) is 0 Å². The third-order valence-corrected chi connectivity index (χ3v) is 2.86. The molecule has 1 amide bonds. The summed E-state index contributed by atoms with van der Waals surface area (Å²) in [6.45, 7) is 5.36. The van der Waals surface area contributed by atoms with Crippen molar-refractivity contribution in [3.05, 3.63) is 0 Å². The van der Waals surface area contributed by atoms with Gasteiger partial charge in [-0.05, 0) is 39.2 Å². The van der Waals surface area contributed by atoms with Crippen LogP contribution in [0.15, 0.2) is 0 Å². The second-order valence-corrected chi connectivity index (χ2v) is 5.90. The van der Waals surface area contributed by atoms with Gasteiger partial charge in [0.1, 0.15) is 11.6 Å². The normalized spacial score (nSPS) is 12.8. The Kier molecular flexibility index (Phi) is 7.13. The zero-order valence-corrected chi connectivity index (χ0v) is 12.8. The summed E-state index contributed by atoms with van der Waals surface area (Å²) in [4.78, 5) is 24.8. The van der Waals surface area contributed by atoms with Gasteiger partial charge in [0.05, 0.1) is 7.11 Å². The predicted molar refractivity (Wildman–Crippen MR) is 72.8 cm³/mol. The van der Waals surface area contributed by atoms with Crippen molar-refractivity contribution in [3.63, 3.8) is 0 Å². The first-order chi connectivity index (χ1) is 8.22. The minimum atomic E-state index is -0.600. The van der Waals surface area contributed by atoms with E-state index >= 15 is 0 Å². The van der Waals surface area contributed by atoms with E-state index < -0.39 is 23.7 Å². The highest BCUT2D eigenvalue weighted by molar-refractivity contribution is 7.98. The van der Waals surface area contributed by atoms with E-state index in [1.807, 2.05) is 6.26 Å². The van der Waals surface area contributed by atoms with Crippen LogP contribution in [-0.4, -0.2) is 54.8 Å². The molecule has 0 aliphatic heterocycles. The van der Waals surface area contributed by atoms with Gasteiger partial charge in [-0.1, -0.05) is 0 Å².